The van der Waals surface area contributed by atoms with E-state index in [1.807, 2.05) is 18.2 Å². The lowest BCUT2D eigenvalue weighted by atomic mass is 10.00. The first kappa shape index (κ1) is 12.2. The molecule has 1 aromatic carbocycles. The Hall–Kier alpha value is -1.30. The van der Waals surface area contributed by atoms with Gasteiger partial charge >= 0.3 is 0 Å². The lowest BCUT2D eigenvalue weighted by molar-refractivity contribution is 0.146. The average Bonchev–Trinajstić information content (AvgIpc) is 2.30. The van der Waals surface area contributed by atoms with Gasteiger partial charge in [-0.2, -0.15) is 0 Å². The van der Waals surface area contributed by atoms with Gasteiger partial charge in [-0.25, -0.2) is 0 Å². The van der Waals surface area contributed by atoms with Gasteiger partial charge in [0.15, 0.2) is 0 Å². The van der Waals surface area contributed by atoms with Crippen LogP contribution in [0.25, 0.3) is 0 Å². The van der Waals surface area contributed by atoms with E-state index in [0.29, 0.717) is 19.8 Å². The van der Waals surface area contributed by atoms with Crippen molar-refractivity contribution >= 4 is 5.69 Å². The fourth-order valence-electron chi connectivity index (χ4n) is 1.96. The monoisotopic (exact) mass is 238 g/mol. The molecule has 94 valence electrons. The molecule has 0 fully saturated rings. The van der Waals surface area contributed by atoms with Gasteiger partial charge in [0.1, 0.15) is 12.4 Å². The second kappa shape index (κ2) is 5.35. The molecule has 0 aliphatic carbocycles. The predicted molar refractivity (Wildman–Crippen MR) is 64.6 cm³/mol. The van der Waals surface area contributed by atoms with Gasteiger partial charge in [0, 0.05) is 19.2 Å². The van der Waals surface area contributed by atoms with Gasteiger partial charge in [0.25, 0.3) is 0 Å². The largest absolute Gasteiger partial charge is 0.491 e. The Kier molecular flexibility index (Phi) is 3.83. The van der Waals surface area contributed by atoms with E-state index in [0.717, 1.165) is 23.4 Å². The number of ether oxygens (including phenoxy) is 2. The smallest absolute Gasteiger partial charge is 0.121 e. The highest BCUT2D eigenvalue weighted by Crippen LogP contribution is 2.29. The number of anilines is 1. The summed E-state index contributed by atoms with van der Waals surface area (Å²) < 4.78 is 10.4. The van der Waals surface area contributed by atoms with E-state index in [1.54, 1.807) is 7.11 Å². The summed E-state index contributed by atoms with van der Waals surface area (Å²) in [7, 11) is 1.63. The molecule has 1 aliphatic heterocycles. The Bertz CT molecular complexity index is 384. The third-order valence-electron chi connectivity index (χ3n) is 2.78. The van der Waals surface area contributed by atoms with Gasteiger partial charge in [0.05, 0.1) is 18.8 Å². The third kappa shape index (κ3) is 2.88. The molecule has 1 aromatic rings. The van der Waals surface area contributed by atoms with Crippen LogP contribution in [0.1, 0.15) is 5.56 Å². The lowest BCUT2D eigenvalue weighted by Crippen LogP contribution is -2.41. The zero-order valence-electron chi connectivity index (χ0n) is 9.93. The highest BCUT2D eigenvalue weighted by Gasteiger charge is 2.21. The second-order valence-electron chi connectivity index (χ2n) is 4.18. The van der Waals surface area contributed by atoms with Crippen LogP contribution in [-0.2, 0) is 11.2 Å². The number of hydrogen-bond acceptors (Lipinski definition) is 5. The predicted octanol–water partition coefficient (Wildman–Crippen LogP) is 0.791. The minimum absolute atomic E-state index is 0.0206. The van der Waals surface area contributed by atoms with E-state index < -0.39 is 0 Å². The van der Waals surface area contributed by atoms with Gasteiger partial charge in [-0.1, -0.05) is 6.07 Å². The zero-order valence-corrected chi connectivity index (χ0v) is 9.93. The Morgan fingerprint density at radius 1 is 1.47 bits per heavy atom. The number of methoxy groups -OCH3 is 1. The van der Waals surface area contributed by atoms with Crippen LogP contribution in [0.3, 0.4) is 0 Å². The summed E-state index contributed by atoms with van der Waals surface area (Å²) in [5.74, 6) is 0.732. The van der Waals surface area contributed by atoms with E-state index >= 15 is 0 Å². The first-order valence-corrected chi connectivity index (χ1v) is 5.67. The van der Waals surface area contributed by atoms with Crippen molar-refractivity contribution < 1.29 is 14.7 Å². The molecule has 0 saturated heterocycles. The fraction of sp³-hybridized carbons (Fsp3) is 0.500. The van der Waals surface area contributed by atoms with Crippen LogP contribution >= 0.6 is 0 Å². The number of rotatable bonds is 4. The van der Waals surface area contributed by atoms with Crippen LogP contribution in [0.4, 0.5) is 5.69 Å². The maximum atomic E-state index is 9.80. The van der Waals surface area contributed by atoms with E-state index in [2.05, 4.69) is 0 Å². The normalized spacial score (nSPS) is 19.0. The van der Waals surface area contributed by atoms with Crippen LogP contribution in [0.15, 0.2) is 18.2 Å². The molecule has 3 N–H and O–H groups in total. The van der Waals surface area contributed by atoms with Crippen molar-refractivity contribution in [2.45, 2.75) is 12.5 Å². The van der Waals surface area contributed by atoms with Crippen molar-refractivity contribution in [1.82, 2.24) is 0 Å². The van der Waals surface area contributed by atoms with Crippen LogP contribution < -0.4 is 15.5 Å². The molecule has 0 spiro atoms. The van der Waals surface area contributed by atoms with Crippen LogP contribution in [0, 0.1) is 0 Å². The first-order valence-electron chi connectivity index (χ1n) is 5.67. The van der Waals surface area contributed by atoms with E-state index in [9.17, 15) is 5.21 Å². The molecule has 1 aliphatic rings. The molecule has 0 bridgehead atoms. The lowest BCUT2D eigenvalue weighted by Gasteiger charge is -2.29. The van der Waals surface area contributed by atoms with Crippen molar-refractivity contribution in [3.8, 4) is 5.75 Å². The van der Waals surface area contributed by atoms with Gasteiger partial charge in [0.2, 0.25) is 0 Å². The Balaban J connectivity index is 2.10. The number of nitrogens with two attached hydrogens (primary N) is 1. The minimum atomic E-state index is -0.0206. The molecule has 2 rings (SSSR count). The summed E-state index contributed by atoms with van der Waals surface area (Å²) in [6.45, 7) is 1.50. The van der Waals surface area contributed by atoms with Gasteiger partial charge in [-0.3, -0.25) is 10.3 Å². The maximum absolute atomic E-state index is 9.80. The highest BCUT2D eigenvalue weighted by molar-refractivity contribution is 5.57. The molecule has 0 saturated carbocycles. The summed E-state index contributed by atoms with van der Waals surface area (Å²) in [4.78, 5) is 0. The van der Waals surface area contributed by atoms with Crippen molar-refractivity contribution in [1.29, 1.82) is 0 Å². The summed E-state index contributed by atoms with van der Waals surface area (Å²) >= 11 is 0. The number of fused-ring (bicyclic) bond motifs is 1. The molecular weight excluding hydrogens is 220 g/mol. The molecule has 17 heavy (non-hydrogen) atoms. The van der Waals surface area contributed by atoms with Crippen LogP contribution in [0.5, 0.6) is 5.75 Å². The number of hydrogen-bond donors (Lipinski definition) is 2. The maximum Gasteiger partial charge on any atom is 0.121 e. The van der Waals surface area contributed by atoms with Crippen molar-refractivity contribution in [3.63, 3.8) is 0 Å². The molecule has 0 radical (unpaired) electrons. The van der Waals surface area contributed by atoms with Gasteiger partial charge in [-0.15, -0.1) is 0 Å². The number of nitrogens with zero attached hydrogens (tertiary/aromatic N) is 1. The van der Waals surface area contributed by atoms with Crippen LogP contribution in [-0.4, -0.2) is 38.1 Å². The van der Waals surface area contributed by atoms with E-state index in [-0.39, 0.29) is 6.04 Å². The van der Waals surface area contributed by atoms with Crippen molar-refractivity contribution in [2.75, 3.05) is 31.9 Å². The third-order valence-corrected chi connectivity index (χ3v) is 2.78. The number of benzene rings is 1. The SMILES string of the molecule is COCCOc1ccc2c(c1)N(O)C[C@@H](N)C2. The summed E-state index contributed by atoms with van der Waals surface area (Å²) in [6, 6.07) is 5.64. The summed E-state index contributed by atoms with van der Waals surface area (Å²) in [5, 5.41) is 11.0. The molecular formula is C12H18N2O3. The van der Waals surface area contributed by atoms with Gasteiger partial charge < -0.3 is 15.2 Å². The number of hydroxylamine groups is 1. The molecule has 5 heteroatoms. The molecule has 0 amide bonds. The topological polar surface area (TPSA) is 68.0 Å². The second-order valence-corrected chi connectivity index (χ2v) is 4.18. The molecule has 0 unspecified atom stereocenters. The van der Waals surface area contributed by atoms with Crippen molar-refractivity contribution in [3.05, 3.63) is 23.8 Å². The minimum Gasteiger partial charge on any atom is -0.491 e. The Morgan fingerprint density at radius 2 is 2.29 bits per heavy atom. The quantitative estimate of drug-likeness (QED) is 0.759. The van der Waals surface area contributed by atoms with E-state index in [1.165, 1.54) is 5.06 Å². The molecule has 5 nitrogen and oxygen atoms in total. The van der Waals surface area contributed by atoms with Crippen LogP contribution in [0.2, 0.25) is 0 Å². The first-order chi connectivity index (χ1) is 8.20. The van der Waals surface area contributed by atoms with Crippen molar-refractivity contribution in [2.24, 2.45) is 5.73 Å². The summed E-state index contributed by atoms with van der Waals surface area (Å²) in [5.41, 5.74) is 7.65. The van der Waals surface area contributed by atoms with E-state index in [4.69, 9.17) is 15.2 Å². The fourth-order valence-corrected chi connectivity index (χ4v) is 1.96. The highest BCUT2D eigenvalue weighted by atomic mass is 16.5. The molecule has 1 heterocycles. The molecule has 1 atom stereocenters. The summed E-state index contributed by atoms with van der Waals surface area (Å²) in [6.07, 6.45) is 0.782. The standard InChI is InChI=1S/C12H18N2O3/c1-16-4-5-17-11-3-2-9-6-10(13)8-14(15)12(9)7-11/h2-3,7,10,15H,4-6,8,13H2,1H3/t10-/m0/s1. The Morgan fingerprint density at radius 3 is 3.06 bits per heavy atom. The molecule has 0 aromatic heterocycles. The van der Waals surface area contributed by atoms with Gasteiger partial charge in [-0.05, 0) is 18.1 Å². The Labute approximate surface area is 101 Å². The zero-order chi connectivity index (χ0) is 12.3. The average molecular weight is 238 g/mol.